The highest BCUT2D eigenvalue weighted by atomic mass is 16.1. The summed E-state index contributed by atoms with van der Waals surface area (Å²) in [4.78, 5) is 26.8. The highest BCUT2D eigenvalue weighted by Crippen LogP contribution is 2.28. The van der Waals surface area contributed by atoms with Gasteiger partial charge >= 0.3 is 0 Å². The first-order chi connectivity index (χ1) is 15.7. The quantitative estimate of drug-likeness (QED) is 0.585. The van der Waals surface area contributed by atoms with Crippen molar-refractivity contribution in [2.75, 3.05) is 37.6 Å². The Morgan fingerprint density at radius 3 is 2.38 bits per heavy atom. The van der Waals surface area contributed by atoms with E-state index < -0.39 is 5.92 Å². The summed E-state index contributed by atoms with van der Waals surface area (Å²) >= 11 is 0. The van der Waals surface area contributed by atoms with Gasteiger partial charge in [0.25, 0.3) is 0 Å². The zero-order valence-electron chi connectivity index (χ0n) is 17.9. The minimum Gasteiger partial charge on any atom is -0.352 e. The molecule has 1 aromatic heterocycles. The highest BCUT2D eigenvalue weighted by molar-refractivity contribution is 5.89. The van der Waals surface area contributed by atoms with Crippen LogP contribution in [-0.2, 0) is 11.3 Å². The molecule has 162 valence electrons. The van der Waals surface area contributed by atoms with Gasteiger partial charge in [-0.25, -0.2) is 9.97 Å². The Bertz CT molecular complexity index is 1130. The summed E-state index contributed by atoms with van der Waals surface area (Å²) in [5.41, 5.74) is 3.12. The number of rotatable bonds is 7. The summed E-state index contributed by atoms with van der Waals surface area (Å²) in [6, 6.07) is 20.1. The first-order valence-electron chi connectivity index (χ1n) is 10.8. The Labute approximate surface area is 188 Å². The molecule has 0 aliphatic carbocycles. The van der Waals surface area contributed by atoms with Crippen molar-refractivity contribution in [3.8, 4) is 6.07 Å². The minimum atomic E-state index is -1.04. The molecule has 1 amide bonds. The van der Waals surface area contributed by atoms with Gasteiger partial charge in [0.1, 0.15) is 5.69 Å². The standard InChI is InChI=1S/C25H26N6O/c1-2-12-27-25(32)20(17-26)23-24(29-22-11-7-6-10-21(22)28-23)31-15-13-30(14-16-31)18-19-8-4-3-5-9-19/h2-11,20H,1,12-16,18H2,(H,27,32)/t20-/m0/s1. The van der Waals surface area contributed by atoms with Gasteiger partial charge in [-0.1, -0.05) is 48.5 Å². The number of carbonyl (C=O) groups excluding carboxylic acids is 1. The van der Waals surface area contributed by atoms with Crippen LogP contribution >= 0.6 is 0 Å². The first-order valence-corrected chi connectivity index (χ1v) is 10.8. The van der Waals surface area contributed by atoms with E-state index in [4.69, 9.17) is 9.97 Å². The maximum Gasteiger partial charge on any atom is 0.243 e. The number of benzene rings is 2. The molecule has 0 saturated carbocycles. The average molecular weight is 427 g/mol. The number of aromatic nitrogens is 2. The molecule has 3 aromatic rings. The number of nitrogens with one attached hydrogen (secondary N) is 1. The number of amides is 1. The van der Waals surface area contributed by atoms with Crippen LogP contribution in [0.1, 0.15) is 17.2 Å². The van der Waals surface area contributed by atoms with Crippen molar-refractivity contribution in [3.05, 3.63) is 78.5 Å². The van der Waals surface area contributed by atoms with Crippen LogP contribution in [0.15, 0.2) is 67.3 Å². The molecule has 0 bridgehead atoms. The number of carbonyl (C=O) groups is 1. The van der Waals surface area contributed by atoms with Crippen molar-refractivity contribution in [2.45, 2.75) is 12.5 Å². The number of piperazine rings is 1. The molecule has 7 heteroatoms. The summed E-state index contributed by atoms with van der Waals surface area (Å²) in [7, 11) is 0. The zero-order valence-corrected chi connectivity index (χ0v) is 17.9. The maximum absolute atomic E-state index is 12.7. The lowest BCUT2D eigenvalue weighted by molar-refractivity contribution is -0.121. The topological polar surface area (TPSA) is 85.1 Å². The van der Waals surface area contributed by atoms with E-state index in [0.717, 1.165) is 38.2 Å². The number of nitriles is 1. The number of anilines is 1. The van der Waals surface area contributed by atoms with Crippen LogP contribution in [0.25, 0.3) is 11.0 Å². The van der Waals surface area contributed by atoms with Gasteiger partial charge in [0.15, 0.2) is 11.7 Å². The molecule has 2 aromatic carbocycles. The molecule has 7 nitrogen and oxygen atoms in total. The number of para-hydroxylation sites is 2. The lowest BCUT2D eigenvalue weighted by Crippen LogP contribution is -2.47. The summed E-state index contributed by atoms with van der Waals surface area (Å²) in [5, 5.41) is 12.5. The van der Waals surface area contributed by atoms with E-state index in [1.807, 2.05) is 30.3 Å². The van der Waals surface area contributed by atoms with Gasteiger partial charge in [0.2, 0.25) is 5.91 Å². The summed E-state index contributed by atoms with van der Waals surface area (Å²) in [5.74, 6) is -0.811. The molecular weight excluding hydrogens is 400 g/mol. The van der Waals surface area contributed by atoms with Gasteiger partial charge in [-0.2, -0.15) is 5.26 Å². The smallest absolute Gasteiger partial charge is 0.243 e. The number of hydrogen-bond acceptors (Lipinski definition) is 6. The Morgan fingerprint density at radius 1 is 1.06 bits per heavy atom. The van der Waals surface area contributed by atoms with Gasteiger partial charge in [-0.3, -0.25) is 9.69 Å². The van der Waals surface area contributed by atoms with E-state index in [2.05, 4.69) is 52.0 Å². The van der Waals surface area contributed by atoms with Crippen LogP contribution in [0.2, 0.25) is 0 Å². The van der Waals surface area contributed by atoms with Crippen molar-refractivity contribution in [1.29, 1.82) is 5.26 Å². The summed E-state index contributed by atoms with van der Waals surface area (Å²) in [6.45, 7) is 8.04. The van der Waals surface area contributed by atoms with E-state index in [1.165, 1.54) is 5.56 Å². The summed E-state index contributed by atoms with van der Waals surface area (Å²) in [6.07, 6.45) is 1.59. The van der Waals surface area contributed by atoms with Crippen LogP contribution in [0.3, 0.4) is 0 Å². The third kappa shape index (κ3) is 4.76. The molecule has 4 rings (SSSR count). The van der Waals surface area contributed by atoms with Crippen molar-refractivity contribution in [2.24, 2.45) is 0 Å². The monoisotopic (exact) mass is 426 g/mol. The largest absolute Gasteiger partial charge is 0.352 e. The zero-order chi connectivity index (χ0) is 22.3. The van der Waals surface area contributed by atoms with Crippen molar-refractivity contribution >= 4 is 22.8 Å². The fraction of sp³-hybridized carbons (Fsp3) is 0.280. The second kappa shape index (κ2) is 10.0. The Morgan fingerprint density at radius 2 is 1.72 bits per heavy atom. The van der Waals surface area contributed by atoms with Gasteiger partial charge < -0.3 is 10.2 Å². The van der Waals surface area contributed by atoms with Crippen molar-refractivity contribution in [1.82, 2.24) is 20.2 Å². The lowest BCUT2D eigenvalue weighted by atomic mass is 10.0. The fourth-order valence-electron chi connectivity index (χ4n) is 3.91. The maximum atomic E-state index is 12.7. The summed E-state index contributed by atoms with van der Waals surface area (Å²) < 4.78 is 0. The molecule has 2 heterocycles. The molecule has 1 fully saturated rings. The molecule has 1 N–H and O–H groups in total. The average Bonchev–Trinajstić information content (AvgIpc) is 2.84. The molecule has 0 unspecified atom stereocenters. The Balaban J connectivity index is 1.60. The fourth-order valence-corrected chi connectivity index (χ4v) is 3.91. The molecular formula is C25H26N6O. The van der Waals surface area contributed by atoms with E-state index >= 15 is 0 Å². The Hall–Kier alpha value is -3.76. The van der Waals surface area contributed by atoms with Crippen molar-refractivity contribution < 1.29 is 4.79 Å². The molecule has 1 aliphatic rings. The Kier molecular flexibility index (Phi) is 6.73. The van der Waals surface area contributed by atoms with E-state index in [1.54, 1.807) is 6.08 Å². The van der Waals surface area contributed by atoms with Crippen molar-refractivity contribution in [3.63, 3.8) is 0 Å². The predicted octanol–water partition coefficient (Wildman–Crippen LogP) is 2.86. The third-order valence-corrected chi connectivity index (χ3v) is 5.58. The molecule has 0 radical (unpaired) electrons. The third-order valence-electron chi connectivity index (χ3n) is 5.58. The number of hydrogen-bond donors (Lipinski definition) is 1. The first kappa shape index (κ1) is 21.5. The van der Waals surface area contributed by atoms with Gasteiger partial charge in [0.05, 0.1) is 17.1 Å². The number of nitrogens with zero attached hydrogens (tertiary/aromatic N) is 5. The van der Waals surface area contributed by atoms with Crippen LogP contribution in [-0.4, -0.2) is 53.5 Å². The second-order valence-electron chi connectivity index (χ2n) is 7.77. The van der Waals surface area contributed by atoms with Crippen LogP contribution in [0.4, 0.5) is 5.82 Å². The van der Waals surface area contributed by atoms with Crippen LogP contribution in [0.5, 0.6) is 0 Å². The van der Waals surface area contributed by atoms with Crippen LogP contribution < -0.4 is 10.2 Å². The predicted molar refractivity (Wildman–Crippen MR) is 125 cm³/mol. The van der Waals surface area contributed by atoms with E-state index in [9.17, 15) is 10.1 Å². The number of fused-ring (bicyclic) bond motifs is 1. The molecule has 1 saturated heterocycles. The molecule has 1 atom stereocenters. The van der Waals surface area contributed by atoms with Gasteiger partial charge in [-0.05, 0) is 17.7 Å². The van der Waals surface area contributed by atoms with Gasteiger partial charge in [0, 0.05) is 39.3 Å². The van der Waals surface area contributed by atoms with E-state index in [-0.39, 0.29) is 5.91 Å². The lowest BCUT2D eigenvalue weighted by Gasteiger charge is -2.36. The van der Waals surface area contributed by atoms with Gasteiger partial charge in [-0.15, -0.1) is 6.58 Å². The minimum absolute atomic E-state index is 0.297. The highest BCUT2D eigenvalue weighted by Gasteiger charge is 2.30. The SMILES string of the molecule is C=CCNC(=O)[C@@H](C#N)c1nc2ccccc2nc1N1CCN(Cc2ccccc2)CC1. The second-order valence-corrected chi connectivity index (χ2v) is 7.77. The normalized spacial score (nSPS) is 15.2. The molecule has 1 aliphatic heterocycles. The molecule has 32 heavy (non-hydrogen) atoms. The molecule has 0 spiro atoms. The van der Waals surface area contributed by atoms with Crippen LogP contribution in [0, 0.1) is 11.3 Å². The van der Waals surface area contributed by atoms with E-state index in [0.29, 0.717) is 23.6 Å².